The fourth-order valence-electron chi connectivity index (χ4n) is 2.99. The van der Waals surface area contributed by atoms with E-state index in [0.29, 0.717) is 18.1 Å². The van der Waals surface area contributed by atoms with Crippen LogP contribution in [0.1, 0.15) is 37.4 Å². The molecule has 2 aromatic rings. The van der Waals surface area contributed by atoms with Crippen molar-refractivity contribution >= 4 is 17.8 Å². The largest absolute Gasteiger partial charge is 0.479 e. The highest BCUT2D eigenvalue weighted by Gasteiger charge is 2.30. The van der Waals surface area contributed by atoms with Gasteiger partial charge >= 0.3 is 5.97 Å². The summed E-state index contributed by atoms with van der Waals surface area (Å²) in [5.74, 6) is -4.41. The van der Waals surface area contributed by atoms with E-state index in [9.17, 15) is 28.3 Å². The van der Waals surface area contributed by atoms with Crippen LogP contribution in [0.2, 0.25) is 0 Å². The van der Waals surface area contributed by atoms with E-state index in [1.807, 2.05) is 6.92 Å². The van der Waals surface area contributed by atoms with E-state index in [1.54, 1.807) is 37.3 Å². The number of hydrogen-bond acceptors (Lipinski definition) is 3. The Balaban J connectivity index is 2.14. The first kappa shape index (κ1) is 23.0. The number of carbonyl (C=O) groups excluding carboxylic acids is 2. The van der Waals surface area contributed by atoms with Crippen molar-refractivity contribution in [3.8, 4) is 0 Å². The van der Waals surface area contributed by atoms with Gasteiger partial charge in [0.05, 0.1) is 6.42 Å². The van der Waals surface area contributed by atoms with E-state index in [1.165, 1.54) is 0 Å². The van der Waals surface area contributed by atoms with Gasteiger partial charge in [0.1, 0.15) is 17.7 Å². The lowest BCUT2D eigenvalue weighted by atomic mass is 9.97. The van der Waals surface area contributed by atoms with Crippen molar-refractivity contribution in [3.05, 3.63) is 71.3 Å². The maximum absolute atomic E-state index is 13.3. The molecule has 0 unspecified atom stereocenters. The van der Waals surface area contributed by atoms with Gasteiger partial charge in [0.15, 0.2) is 6.04 Å². The molecule has 30 heavy (non-hydrogen) atoms. The summed E-state index contributed by atoms with van der Waals surface area (Å²) in [5, 5.41) is 14.5. The van der Waals surface area contributed by atoms with Crippen molar-refractivity contribution in [2.45, 2.75) is 38.8 Å². The maximum atomic E-state index is 13.3. The molecule has 0 aliphatic carbocycles. The first-order valence-corrected chi connectivity index (χ1v) is 9.53. The third-order valence-electron chi connectivity index (χ3n) is 4.77. The minimum absolute atomic E-state index is 0.126. The fourth-order valence-corrected chi connectivity index (χ4v) is 2.99. The van der Waals surface area contributed by atoms with Crippen LogP contribution in [-0.2, 0) is 20.8 Å². The number of rotatable bonds is 9. The van der Waals surface area contributed by atoms with E-state index in [4.69, 9.17) is 0 Å². The molecule has 0 aliphatic rings. The highest BCUT2D eigenvalue weighted by atomic mass is 19.1. The molecule has 0 bridgehead atoms. The molecule has 8 heteroatoms. The summed E-state index contributed by atoms with van der Waals surface area (Å²) in [7, 11) is 0. The van der Waals surface area contributed by atoms with Crippen molar-refractivity contribution < 1.29 is 28.3 Å². The lowest BCUT2D eigenvalue weighted by Crippen LogP contribution is -2.52. The first-order chi connectivity index (χ1) is 14.2. The zero-order valence-electron chi connectivity index (χ0n) is 16.7. The van der Waals surface area contributed by atoms with Crippen molar-refractivity contribution in [3.63, 3.8) is 0 Å². The molecule has 0 spiro atoms. The lowest BCUT2D eigenvalue weighted by Gasteiger charge is -2.25. The summed E-state index contributed by atoms with van der Waals surface area (Å²) < 4.78 is 26.7. The molecule has 0 aliphatic heterocycles. The summed E-state index contributed by atoms with van der Waals surface area (Å²) in [5.41, 5.74) is 0.517. The van der Waals surface area contributed by atoms with E-state index < -0.39 is 41.5 Å². The topological polar surface area (TPSA) is 95.5 Å². The number of aliphatic carboxylic acids is 1. The molecule has 0 heterocycles. The van der Waals surface area contributed by atoms with Crippen molar-refractivity contribution in [1.82, 2.24) is 10.6 Å². The molecular formula is C22H24F2N2O4. The van der Waals surface area contributed by atoms with E-state index in [0.717, 1.165) is 12.1 Å². The van der Waals surface area contributed by atoms with Crippen LogP contribution in [0.15, 0.2) is 48.5 Å². The van der Waals surface area contributed by atoms with Gasteiger partial charge in [0, 0.05) is 6.07 Å². The maximum Gasteiger partial charge on any atom is 0.330 e. The van der Waals surface area contributed by atoms with Crippen LogP contribution in [0.25, 0.3) is 0 Å². The Morgan fingerprint density at radius 1 is 1.00 bits per heavy atom. The predicted molar refractivity (Wildman–Crippen MR) is 106 cm³/mol. The third-order valence-corrected chi connectivity index (χ3v) is 4.77. The SMILES string of the molecule is CC[C@H](C)[C@H](NC(=O)Cc1cc(F)cc(F)c1)C(=O)N[C@H](C(=O)O)c1ccccc1. The smallest absolute Gasteiger partial charge is 0.330 e. The predicted octanol–water partition coefficient (Wildman–Crippen LogP) is 2.98. The molecule has 0 radical (unpaired) electrons. The number of amides is 2. The number of carbonyl (C=O) groups is 3. The Kier molecular flexibility index (Phi) is 8.03. The zero-order valence-corrected chi connectivity index (χ0v) is 16.7. The summed E-state index contributed by atoms with van der Waals surface area (Å²) in [6.45, 7) is 3.57. The van der Waals surface area contributed by atoms with Gasteiger partial charge in [-0.2, -0.15) is 0 Å². The second-order valence-electron chi connectivity index (χ2n) is 7.08. The molecular weight excluding hydrogens is 394 g/mol. The number of benzene rings is 2. The molecule has 3 atom stereocenters. The highest BCUT2D eigenvalue weighted by molar-refractivity contribution is 5.91. The summed E-state index contributed by atoms with van der Waals surface area (Å²) in [6.07, 6.45) is 0.214. The number of halogens is 2. The Morgan fingerprint density at radius 2 is 1.60 bits per heavy atom. The molecule has 3 N–H and O–H groups in total. The van der Waals surface area contributed by atoms with Gasteiger partial charge in [-0.05, 0) is 29.2 Å². The third kappa shape index (κ3) is 6.37. The Hall–Kier alpha value is -3.29. The Bertz CT molecular complexity index is 885. The molecule has 0 saturated heterocycles. The molecule has 160 valence electrons. The second-order valence-corrected chi connectivity index (χ2v) is 7.08. The van der Waals surface area contributed by atoms with Crippen LogP contribution in [0, 0.1) is 17.6 Å². The van der Waals surface area contributed by atoms with E-state index in [-0.39, 0.29) is 17.9 Å². The van der Waals surface area contributed by atoms with Gasteiger partial charge in [-0.15, -0.1) is 0 Å². The summed E-state index contributed by atoms with van der Waals surface area (Å²) in [6, 6.07) is 8.68. The minimum atomic E-state index is -1.28. The first-order valence-electron chi connectivity index (χ1n) is 9.53. The average molecular weight is 418 g/mol. The molecule has 2 aromatic carbocycles. The van der Waals surface area contributed by atoms with Gasteiger partial charge in [0.25, 0.3) is 0 Å². The molecule has 2 rings (SSSR count). The number of nitrogens with one attached hydrogen (secondary N) is 2. The average Bonchev–Trinajstić information content (AvgIpc) is 2.69. The van der Waals surface area contributed by atoms with Crippen LogP contribution in [-0.4, -0.2) is 28.9 Å². The minimum Gasteiger partial charge on any atom is -0.479 e. The second kappa shape index (κ2) is 10.5. The van der Waals surface area contributed by atoms with Crippen LogP contribution < -0.4 is 10.6 Å². The normalized spacial score (nSPS) is 13.7. The van der Waals surface area contributed by atoms with Gasteiger partial charge in [-0.25, -0.2) is 13.6 Å². The van der Waals surface area contributed by atoms with Crippen molar-refractivity contribution in [1.29, 1.82) is 0 Å². The summed E-state index contributed by atoms with van der Waals surface area (Å²) in [4.78, 5) is 36.9. The number of hydrogen-bond donors (Lipinski definition) is 3. The molecule has 2 amide bonds. The highest BCUT2D eigenvalue weighted by Crippen LogP contribution is 2.16. The Labute approximate surface area is 173 Å². The van der Waals surface area contributed by atoms with Crippen LogP contribution in [0.4, 0.5) is 8.78 Å². The van der Waals surface area contributed by atoms with Crippen LogP contribution in [0.5, 0.6) is 0 Å². The lowest BCUT2D eigenvalue weighted by molar-refractivity contribution is -0.142. The van der Waals surface area contributed by atoms with E-state index in [2.05, 4.69) is 10.6 Å². The van der Waals surface area contributed by atoms with E-state index >= 15 is 0 Å². The van der Waals surface area contributed by atoms with Gasteiger partial charge < -0.3 is 15.7 Å². The molecule has 0 fully saturated rings. The van der Waals surface area contributed by atoms with Gasteiger partial charge in [-0.1, -0.05) is 50.6 Å². The monoisotopic (exact) mass is 418 g/mol. The fraction of sp³-hybridized carbons (Fsp3) is 0.318. The molecule has 0 aromatic heterocycles. The quantitative estimate of drug-likeness (QED) is 0.583. The van der Waals surface area contributed by atoms with Crippen LogP contribution >= 0.6 is 0 Å². The van der Waals surface area contributed by atoms with Gasteiger partial charge in [-0.3, -0.25) is 9.59 Å². The summed E-state index contributed by atoms with van der Waals surface area (Å²) >= 11 is 0. The Morgan fingerprint density at radius 3 is 2.13 bits per heavy atom. The standard InChI is InChI=1S/C22H24F2N2O4/c1-3-13(2)19(25-18(27)11-14-9-16(23)12-17(24)10-14)21(28)26-20(22(29)30)15-7-5-4-6-8-15/h4-10,12-13,19-20H,3,11H2,1-2H3,(H,25,27)(H,26,28)(H,29,30)/t13-,19-,20-/m0/s1. The van der Waals surface area contributed by atoms with Crippen LogP contribution in [0.3, 0.4) is 0 Å². The van der Waals surface area contributed by atoms with Crippen molar-refractivity contribution in [2.24, 2.45) is 5.92 Å². The van der Waals surface area contributed by atoms with Gasteiger partial charge in [0.2, 0.25) is 11.8 Å². The molecule has 6 nitrogen and oxygen atoms in total. The number of carboxylic acid groups (broad SMARTS) is 1. The number of carboxylic acids is 1. The molecule has 0 saturated carbocycles. The van der Waals surface area contributed by atoms with Crippen molar-refractivity contribution in [2.75, 3.05) is 0 Å². The zero-order chi connectivity index (χ0) is 22.3.